The molecule has 0 radical (unpaired) electrons. The summed E-state index contributed by atoms with van der Waals surface area (Å²) in [5, 5.41) is 7.19. The maximum absolute atomic E-state index is 11.8. The van der Waals surface area contributed by atoms with Gasteiger partial charge in [-0.25, -0.2) is 0 Å². The van der Waals surface area contributed by atoms with E-state index in [2.05, 4.69) is 23.8 Å². The zero-order valence-corrected chi connectivity index (χ0v) is 12.9. The first-order valence-corrected chi connectivity index (χ1v) is 8.01. The van der Waals surface area contributed by atoms with Gasteiger partial charge in [-0.15, -0.1) is 12.4 Å². The van der Waals surface area contributed by atoms with Crippen LogP contribution < -0.4 is 10.6 Å². The van der Waals surface area contributed by atoms with Crippen LogP contribution in [0.2, 0.25) is 0 Å². The van der Waals surface area contributed by atoms with Crippen molar-refractivity contribution in [2.75, 3.05) is 12.8 Å². The fourth-order valence-corrected chi connectivity index (χ4v) is 3.27. The Labute approximate surface area is 121 Å². The van der Waals surface area contributed by atoms with E-state index in [9.17, 15) is 4.79 Å². The normalized spacial score (nSPS) is 31.6. The molecule has 0 aliphatic carbocycles. The molecule has 2 aliphatic rings. The molecule has 18 heavy (non-hydrogen) atoms. The Hall–Kier alpha value is 0.0700. The molecule has 0 aromatic carbocycles. The molecule has 3 nitrogen and oxygen atoms in total. The summed E-state index contributed by atoms with van der Waals surface area (Å²) < 4.78 is 0. The fraction of sp³-hybridized carbons (Fsp3) is 0.923. The molecule has 2 heterocycles. The number of carbonyl (C=O) groups excluding carboxylic acids is 1. The molecule has 3 unspecified atom stereocenters. The quantitative estimate of drug-likeness (QED) is 0.816. The average Bonchev–Trinajstić information content (AvgIpc) is 2.65. The van der Waals surface area contributed by atoms with Gasteiger partial charge in [0.2, 0.25) is 5.91 Å². The second-order valence-corrected chi connectivity index (χ2v) is 6.81. The first-order chi connectivity index (χ1) is 8.17. The Morgan fingerprint density at radius 3 is 2.56 bits per heavy atom. The van der Waals surface area contributed by atoms with Gasteiger partial charge in [0.15, 0.2) is 0 Å². The average molecular weight is 293 g/mol. The molecule has 106 valence electrons. The topological polar surface area (TPSA) is 41.1 Å². The second kappa shape index (κ2) is 7.61. The predicted octanol–water partition coefficient (Wildman–Crippen LogP) is 2.20. The van der Waals surface area contributed by atoms with Crippen molar-refractivity contribution < 1.29 is 4.79 Å². The molecule has 2 bridgehead atoms. The Morgan fingerprint density at radius 1 is 1.39 bits per heavy atom. The first-order valence-electron chi connectivity index (χ1n) is 6.73. The molecule has 2 saturated heterocycles. The summed E-state index contributed by atoms with van der Waals surface area (Å²) in [6.45, 7) is 2.95. The minimum Gasteiger partial charge on any atom is -0.355 e. The Bertz CT molecular complexity index is 266. The van der Waals surface area contributed by atoms with Gasteiger partial charge >= 0.3 is 0 Å². The Balaban J connectivity index is 0.00000162. The highest BCUT2D eigenvalue weighted by molar-refractivity contribution is 7.99. The molecule has 2 N–H and O–H groups in total. The van der Waals surface area contributed by atoms with Gasteiger partial charge in [-0.05, 0) is 37.9 Å². The summed E-state index contributed by atoms with van der Waals surface area (Å²) in [6, 6.07) is 1.38. The fourth-order valence-electron chi connectivity index (χ4n) is 3.02. The van der Waals surface area contributed by atoms with E-state index < -0.39 is 0 Å². The van der Waals surface area contributed by atoms with E-state index in [1.165, 1.54) is 25.7 Å². The molecular weight excluding hydrogens is 268 g/mol. The van der Waals surface area contributed by atoms with Crippen LogP contribution in [-0.4, -0.2) is 36.0 Å². The second-order valence-electron chi connectivity index (χ2n) is 5.53. The van der Waals surface area contributed by atoms with Crippen molar-refractivity contribution in [2.24, 2.45) is 5.92 Å². The van der Waals surface area contributed by atoms with Crippen LogP contribution in [0.5, 0.6) is 0 Å². The standard InChI is InChI=1S/C13H24N2OS.ClH/c1-9(17-2)8-14-13(16)7-10-5-11-3-4-12(6-10)15-11;/h9-12,15H,3-8H2,1-2H3,(H,14,16);1H. The molecule has 0 aromatic rings. The van der Waals surface area contributed by atoms with Gasteiger partial charge in [-0.3, -0.25) is 4.79 Å². The van der Waals surface area contributed by atoms with Crippen molar-refractivity contribution in [1.29, 1.82) is 0 Å². The number of hydrogen-bond acceptors (Lipinski definition) is 3. The van der Waals surface area contributed by atoms with Crippen LogP contribution in [-0.2, 0) is 4.79 Å². The maximum Gasteiger partial charge on any atom is 0.220 e. The summed E-state index contributed by atoms with van der Waals surface area (Å²) in [5.41, 5.74) is 0. The largest absolute Gasteiger partial charge is 0.355 e. The van der Waals surface area contributed by atoms with Crippen LogP contribution in [0, 0.1) is 5.92 Å². The molecule has 3 atom stereocenters. The third kappa shape index (κ3) is 4.63. The highest BCUT2D eigenvalue weighted by atomic mass is 35.5. The summed E-state index contributed by atoms with van der Waals surface area (Å²) in [6.07, 6.45) is 7.83. The van der Waals surface area contributed by atoms with E-state index in [0.29, 0.717) is 23.3 Å². The Morgan fingerprint density at radius 2 is 2.00 bits per heavy atom. The summed E-state index contributed by atoms with van der Waals surface area (Å²) >= 11 is 1.80. The molecule has 2 fully saturated rings. The van der Waals surface area contributed by atoms with Crippen LogP contribution in [0.1, 0.15) is 39.0 Å². The molecule has 0 aromatic heterocycles. The van der Waals surface area contributed by atoms with E-state index in [4.69, 9.17) is 0 Å². The smallest absolute Gasteiger partial charge is 0.220 e. The third-order valence-corrected chi connectivity index (χ3v) is 5.01. The zero-order chi connectivity index (χ0) is 12.3. The van der Waals surface area contributed by atoms with Crippen LogP contribution in [0.3, 0.4) is 0 Å². The highest BCUT2D eigenvalue weighted by Crippen LogP contribution is 2.32. The van der Waals surface area contributed by atoms with E-state index in [1.54, 1.807) is 11.8 Å². The molecule has 0 spiro atoms. The van der Waals surface area contributed by atoms with Gasteiger partial charge in [0, 0.05) is 30.3 Å². The van der Waals surface area contributed by atoms with Crippen LogP contribution in [0.4, 0.5) is 0 Å². The van der Waals surface area contributed by atoms with Gasteiger partial charge in [0.05, 0.1) is 0 Å². The van der Waals surface area contributed by atoms with Crippen molar-refractivity contribution in [3.63, 3.8) is 0 Å². The van der Waals surface area contributed by atoms with Gasteiger partial charge < -0.3 is 10.6 Å². The number of amides is 1. The number of fused-ring (bicyclic) bond motifs is 2. The molecule has 2 aliphatic heterocycles. The molecular formula is C13H25ClN2OS. The van der Waals surface area contributed by atoms with Gasteiger partial charge in [-0.1, -0.05) is 6.92 Å². The summed E-state index contributed by atoms with van der Waals surface area (Å²) in [7, 11) is 0. The monoisotopic (exact) mass is 292 g/mol. The lowest BCUT2D eigenvalue weighted by molar-refractivity contribution is -0.122. The minimum absolute atomic E-state index is 0. The van der Waals surface area contributed by atoms with E-state index in [-0.39, 0.29) is 18.3 Å². The lowest BCUT2D eigenvalue weighted by atomic mass is 9.89. The maximum atomic E-state index is 11.8. The molecule has 0 saturated carbocycles. The zero-order valence-electron chi connectivity index (χ0n) is 11.3. The lowest BCUT2D eigenvalue weighted by Crippen LogP contribution is -2.40. The first kappa shape index (κ1) is 16.1. The number of nitrogens with one attached hydrogen (secondary N) is 2. The third-order valence-electron chi connectivity index (χ3n) is 4.03. The molecule has 1 amide bonds. The molecule has 2 rings (SSSR count). The minimum atomic E-state index is 0. The number of carbonyl (C=O) groups is 1. The van der Waals surface area contributed by atoms with Gasteiger partial charge in [0.1, 0.15) is 0 Å². The number of hydrogen-bond donors (Lipinski definition) is 2. The SMILES string of the molecule is CSC(C)CNC(=O)CC1CC2CCC(C1)N2.Cl. The number of halogens is 1. The van der Waals surface area contributed by atoms with Gasteiger partial charge in [0.25, 0.3) is 0 Å². The van der Waals surface area contributed by atoms with Gasteiger partial charge in [-0.2, -0.15) is 11.8 Å². The van der Waals surface area contributed by atoms with E-state index in [0.717, 1.165) is 13.0 Å². The van der Waals surface area contributed by atoms with Crippen molar-refractivity contribution in [3.8, 4) is 0 Å². The Kier molecular flexibility index (Phi) is 6.82. The van der Waals surface area contributed by atoms with Crippen LogP contribution in [0.25, 0.3) is 0 Å². The van der Waals surface area contributed by atoms with Crippen LogP contribution >= 0.6 is 24.2 Å². The van der Waals surface area contributed by atoms with Crippen molar-refractivity contribution in [3.05, 3.63) is 0 Å². The van der Waals surface area contributed by atoms with Crippen molar-refractivity contribution in [2.45, 2.75) is 56.4 Å². The highest BCUT2D eigenvalue weighted by Gasteiger charge is 2.34. The number of thioether (sulfide) groups is 1. The van der Waals surface area contributed by atoms with Crippen molar-refractivity contribution in [1.82, 2.24) is 10.6 Å². The predicted molar refractivity (Wildman–Crippen MR) is 80.5 cm³/mol. The lowest BCUT2D eigenvalue weighted by Gasteiger charge is -2.28. The molecule has 5 heteroatoms. The van der Waals surface area contributed by atoms with E-state index in [1.807, 2.05) is 0 Å². The van der Waals surface area contributed by atoms with Crippen LogP contribution in [0.15, 0.2) is 0 Å². The van der Waals surface area contributed by atoms with E-state index >= 15 is 0 Å². The van der Waals surface area contributed by atoms with Crippen molar-refractivity contribution >= 4 is 30.1 Å². The number of piperidine rings is 1. The number of rotatable bonds is 5. The summed E-state index contributed by atoms with van der Waals surface area (Å²) in [4.78, 5) is 11.8. The summed E-state index contributed by atoms with van der Waals surface area (Å²) in [5.74, 6) is 0.857.